The summed E-state index contributed by atoms with van der Waals surface area (Å²) in [5.41, 5.74) is 3.63. The molecule has 4 nitrogen and oxygen atoms in total. The predicted molar refractivity (Wildman–Crippen MR) is 114 cm³/mol. The molecule has 0 aliphatic carbocycles. The van der Waals surface area contributed by atoms with Crippen molar-refractivity contribution in [1.29, 1.82) is 0 Å². The van der Waals surface area contributed by atoms with Crippen LogP contribution in [0.25, 0.3) is 0 Å². The van der Waals surface area contributed by atoms with Gasteiger partial charge >= 0.3 is 0 Å². The van der Waals surface area contributed by atoms with Crippen molar-refractivity contribution >= 4 is 17.5 Å². The summed E-state index contributed by atoms with van der Waals surface area (Å²) in [5, 5.41) is 0.703. The molecule has 1 aliphatic heterocycles. The summed E-state index contributed by atoms with van der Waals surface area (Å²) in [7, 11) is 0. The molecule has 0 spiro atoms. The number of pyridine rings is 1. The van der Waals surface area contributed by atoms with Crippen LogP contribution in [0.1, 0.15) is 28.6 Å². The lowest BCUT2D eigenvalue weighted by atomic mass is 10.1. The molecular formula is C24H22ClFN2O2. The van der Waals surface area contributed by atoms with Crippen LogP contribution in [0.3, 0.4) is 0 Å². The van der Waals surface area contributed by atoms with E-state index >= 15 is 0 Å². The number of carbonyl (C=O) groups excluding carboxylic acids is 1. The molecule has 6 heteroatoms. The number of halogens is 2. The molecule has 2 heterocycles. The highest BCUT2D eigenvalue weighted by atomic mass is 35.5. The van der Waals surface area contributed by atoms with E-state index in [-0.39, 0.29) is 24.2 Å². The third-order valence-electron chi connectivity index (χ3n) is 5.12. The maximum absolute atomic E-state index is 13.1. The number of nitrogens with zero attached hydrogens (tertiary/aromatic N) is 2. The zero-order chi connectivity index (χ0) is 20.9. The van der Waals surface area contributed by atoms with Crippen molar-refractivity contribution in [2.24, 2.45) is 0 Å². The molecule has 1 atom stereocenters. The Morgan fingerprint density at radius 2 is 1.90 bits per heavy atom. The van der Waals surface area contributed by atoms with Crippen molar-refractivity contribution in [3.63, 3.8) is 0 Å². The SMILES string of the molecule is O=C(Cc1ccc(F)cc1)N1CCOC(c2cccc(Cc3cccc(Cl)c3)n2)C1. The zero-order valence-corrected chi connectivity index (χ0v) is 17.2. The molecule has 154 valence electrons. The molecule has 2 aromatic carbocycles. The minimum Gasteiger partial charge on any atom is -0.368 e. The van der Waals surface area contributed by atoms with E-state index in [1.54, 1.807) is 17.0 Å². The zero-order valence-electron chi connectivity index (χ0n) is 16.4. The quantitative estimate of drug-likeness (QED) is 0.600. The van der Waals surface area contributed by atoms with Crippen molar-refractivity contribution in [2.75, 3.05) is 19.7 Å². The highest BCUT2D eigenvalue weighted by molar-refractivity contribution is 6.30. The van der Waals surface area contributed by atoms with Gasteiger partial charge in [-0.1, -0.05) is 41.9 Å². The van der Waals surface area contributed by atoms with Crippen LogP contribution in [0, 0.1) is 5.82 Å². The van der Waals surface area contributed by atoms with Crippen molar-refractivity contribution in [2.45, 2.75) is 18.9 Å². The predicted octanol–water partition coefficient (Wildman–Crippen LogP) is 4.61. The molecule has 0 bridgehead atoms. The summed E-state index contributed by atoms with van der Waals surface area (Å²) in [6, 6.07) is 19.6. The van der Waals surface area contributed by atoms with Crippen LogP contribution >= 0.6 is 11.6 Å². The third-order valence-corrected chi connectivity index (χ3v) is 5.36. The van der Waals surface area contributed by atoms with Gasteiger partial charge in [-0.2, -0.15) is 0 Å². The Morgan fingerprint density at radius 1 is 1.10 bits per heavy atom. The Labute approximate surface area is 180 Å². The minimum atomic E-state index is -0.304. The van der Waals surface area contributed by atoms with E-state index in [9.17, 15) is 9.18 Å². The van der Waals surface area contributed by atoms with E-state index in [4.69, 9.17) is 21.3 Å². The largest absolute Gasteiger partial charge is 0.368 e. The van der Waals surface area contributed by atoms with Crippen LogP contribution in [-0.2, 0) is 22.4 Å². The van der Waals surface area contributed by atoms with Gasteiger partial charge in [0.2, 0.25) is 5.91 Å². The van der Waals surface area contributed by atoms with Gasteiger partial charge in [0.25, 0.3) is 0 Å². The number of benzene rings is 2. The van der Waals surface area contributed by atoms with Crippen molar-refractivity contribution in [3.8, 4) is 0 Å². The topological polar surface area (TPSA) is 42.4 Å². The van der Waals surface area contributed by atoms with Crippen LogP contribution in [-0.4, -0.2) is 35.5 Å². The minimum absolute atomic E-state index is 0.00462. The second-order valence-corrected chi connectivity index (χ2v) is 7.80. The molecule has 3 aromatic rings. The highest BCUT2D eigenvalue weighted by Gasteiger charge is 2.26. The van der Waals surface area contributed by atoms with Gasteiger partial charge in [-0.15, -0.1) is 0 Å². The molecule has 4 rings (SSSR count). The van der Waals surface area contributed by atoms with E-state index in [1.165, 1.54) is 12.1 Å². The molecule has 1 unspecified atom stereocenters. The molecule has 1 saturated heterocycles. The number of carbonyl (C=O) groups is 1. The molecular weight excluding hydrogens is 403 g/mol. The molecule has 1 aliphatic rings. The second-order valence-electron chi connectivity index (χ2n) is 7.36. The van der Waals surface area contributed by atoms with Crippen LogP contribution in [0.4, 0.5) is 4.39 Å². The Kier molecular flexibility index (Phi) is 6.41. The lowest BCUT2D eigenvalue weighted by molar-refractivity contribution is -0.138. The van der Waals surface area contributed by atoms with E-state index in [0.29, 0.717) is 31.1 Å². The van der Waals surface area contributed by atoms with Crippen LogP contribution in [0.15, 0.2) is 66.7 Å². The van der Waals surface area contributed by atoms with Gasteiger partial charge in [0.15, 0.2) is 0 Å². The molecule has 30 heavy (non-hydrogen) atoms. The number of rotatable bonds is 5. The summed E-state index contributed by atoms with van der Waals surface area (Å²) in [5.74, 6) is -0.300. The van der Waals surface area contributed by atoms with E-state index in [1.807, 2.05) is 42.5 Å². The average Bonchev–Trinajstić information content (AvgIpc) is 2.76. The van der Waals surface area contributed by atoms with Crippen LogP contribution < -0.4 is 0 Å². The monoisotopic (exact) mass is 424 g/mol. The van der Waals surface area contributed by atoms with Gasteiger partial charge in [0.05, 0.1) is 25.3 Å². The third kappa shape index (κ3) is 5.23. The molecule has 1 amide bonds. The Morgan fingerprint density at radius 3 is 2.70 bits per heavy atom. The fourth-order valence-corrected chi connectivity index (χ4v) is 3.79. The molecule has 1 aromatic heterocycles. The summed E-state index contributed by atoms with van der Waals surface area (Å²) in [6.45, 7) is 1.45. The number of aromatic nitrogens is 1. The molecule has 0 radical (unpaired) electrons. The number of amides is 1. The van der Waals surface area contributed by atoms with Crippen molar-refractivity contribution < 1.29 is 13.9 Å². The van der Waals surface area contributed by atoms with E-state index < -0.39 is 0 Å². The first-order valence-electron chi connectivity index (χ1n) is 9.91. The van der Waals surface area contributed by atoms with Gasteiger partial charge in [-0.05, 0) is 47.5 Å². The fourth-order valence-electron chi connectivity index (χ4n) is 3.58. The summed E-state index contributed by atoms with van der Waals surface area (Å²) >= 11 is 6.08. The average molecular weight is 425 g/mol. The van der Waals surface area contributed by atoms with Gasteiger partial charge in [-0.25, -0.2) is 4.39 Å². The molecule has 1 fully saturated rings. The lowest BCUT2D eigenvalue weighted by Gasteiger charge is -2.33. The Hall–Kier alpha value is -2.76. The summed E-state index contributed by atoms with van der Waals surface area (Å²) < 4.78 is 19.0. The smallest absolute Gasteiger partial charge is 0.227 e. The van der Waals surface area contributed by atoms with E-state index in [2.05, 4.69) is 0 Å². The van der Waals surface area contributed by atoms with Gasteiger partial charge in [0, 0.05) is 23.7 Å². The van der Waals surface area contributed by atoms with Crippen LogP contribution in [0.5, 0.6) is 0 Å². The first kappa shape index (κ1) is 20.5. The summed E-state index contributed by atoms with van der Waals surface area (Å²) in [6.07, 6.45) is 0.652. The fraction of sp³-hybridized carbons (Fsp3) is 0.250. The van der Waals surface area contributed by atoms with Crippen molar-refractivity contribution in [3.05, 3.63) is 100 Å². The van der Waals surface area contributed by atoms with E-state index in [0.717, 1.165) is 22.5 Å². The number of morpholine rings is 1. The first-order chi connectivity index (χ1) is 14.6. The number of hydrogen-bond acceptors (Lipinski definition) is 3. The van der Waals surface area contributed by atoms with Gasteiger partial charge in [-0.3, -0.25) is 9.78 Å². The second kappa shape index (κ2) is 9.37. The number of hydrogen-bond donors (Lipinski definition) is 0. The highest BCUT2D eigenvalue weighted by Crippen LogP contribution is 2.22. The Bertz CT molecular complexity index is 1030. The molecule has 0 N–H and O–H groups in total. The van der Waals surface area contributed by atoms with Crippen LogP contribution in [0.2, 0.25) is 5.02 Å². The maximum Gasteiger partial charge on any atom is 0.227 e. The maximum atomic E-state index is 13.1. The molecule has 0 saturated carbocycles. The van der Waals surface area contributed by atoms with Gasteiger partial charge in [0.1, 0.15) is 11.9 Å². The number of ether oxygens (including phenoxy) is 1. The van der Waals surface area contributed by atoms with Gasteiger partial charge < -0.3 is 9.64 Å². The standard InChI is InChI=1S/C24H22ClFN2O2/c25-19-4-1-3-18(13-19)14-21-5-2-6-22(27-21)23-16-28(11-12-30-23)24(29)15-17-7-9-20(26)10-8-17/h1-10,13,23H,11-12,14-16H2. The Balaban J connectivity index is 1.42. The first-order valence-corrected chi connectivity index (χ1v) is 10.3. The lowest BCUT2D eigenvalue weighted by Crippen LogP contribution is -2.43. The van der Waals surface area contributed by atoms with Crippen molar-refractivity contribution in [1.82, 2.24) is 9.88 Å². The summed E-state index contributed by atoms with van der Waals surface area (Å²) in [4.78, 5) is 19.3. The normalized spacial score (nSPS) is 16.5.